The number of unbranched alkanes of at least 4 members (excludes halogenated alkanes) is 2. The number of hydrogen-bond acceptors (Lipinski definition) is 3. The second kappa shape index (κ2) is 6.75. The molecule has 2 N–H and O–H groups in total. The van der Waals surface area contributed by atoms with Crippen LogP contribution in [0.25, 0.3) is 0 Å². The summed E-state index contributed by atoms with van der Waals surface area (Å²) in [7, 11) is 0. The summed E-state index contributed by atoms with van der Waals surface area (Å²) < 4.78 is 5.58. The topological polar surface area (TPSA) is 75.0 Å². The van der Waals surface area contributed by atoms with E-state index in [2.05, 4.69) is 17.1 Å². The van der Waals surface area contributed by atoms with E-state index in [1.54, 1.807) is 24.3 Å². The predicted octanol–water partition coefficient (Wildman–Crippen LogP) is 2.50. The number of aromatic amines is 2. The van der Waals surface area contributed by atoms with Crippen molar-refractivity contribution < 1.29 is 9.53 Å². The summed E-state index contributed by atoms with van der Waals surface area (Å²) in [6.45, 7) is 2.83. The van der Waals surface area contributed by atoms with Crippen LogP contribution in [0.2, 0.25) is 0 Å². The van der Waals surface area contributed by atoms with Crippen molar-refractivity contribution in [2.75, 3.05) is 6.61 Å². The minimum absolute atomic E-state index is 0.221. The number of hydrogen-bond donors (Lipinski definition) is 2. The van der Waals surface area contributed by atoms with Crippen LogP contribution in [-0.2, 0) is 0 Å². The molecule has 0 saturated carbocycles. The lowest BCUT2D eigenvalue weighted by Gasteiger charge is -2.06. The van der Waals surface area contributed by atoms with Gasteiger partial charge in [-0.2, -0.15) is 0 Å². The Kier molecular flexibility index (Phi) is 4.76. The second-order valence-corrected chi connectivity index (χ2v) is 4.58. The lowest BCUT2D eigenvalue weighted by atomic mass is 10.1. The van der Waals surface area contributed by atoms with E-state index in [4.69, 9.17) is 4.74 Å². The Bertz CT molecular complexity index is 611. The summed E-state index contributed by atoms with van der Waals surface area (Å²) in [6.07, 6.45) is 3.34. The molecule has 0 bridgehead atoms. The first-order valence-corrected chi connectivity index (χ1v) is 6.76. The zero-order chi connectivity index (χ0) is 14.4. The maximum Gasteiger partial charge on any atom is 0.264 e. The SMILES string of the molecule is CCCCCOc1ccc(C(=O)c2cc(=O)[nH][nH]2)cc1. The molecule has 0 aliphatic rings. The smallest absolute Gasteiger partial charge is 0.264 e. The van der Waals surface area contributed by atoms with Crippen molar-refractivity contribution in [2.45, 2.75) is 26.2 Å². The Morgan fingerprint density at radius 1 is 1.15 bits per heavy atom. The molecule has 1 aromatic carbocycles. The fourth-order valence-electron chi connectivity index (χ4n) is 1.85. The number of nitrogens with one attached hydrogen (secondary N) is 2. The van der Waals surface area contributed by atoms with Crippen molar-refractivity contribution in [3.8, 4) is 5.75 Å². The van der Waals surface area contributed by atoms with E-state index in [9.17, 15) is 9.59 Å². The summed E-state index contributed by atoms with van der Waals surface area (Å²) >= 11 is 0. The third-order valence-electron chi connectivity index (χ3n) is 2.97. The van der Waals surface area contributed by atoms with Gasteiger partial charge in [0, 0.05) is 11.6 Å². The van der Waals surface area contributed by atoms with Gasteiger partial charge >= 0.3 is 0 Å². The summed E-state index contributed by atoms with van der Waals surface area (Å²) in [5, 5.41) is 4.89. The van der Waals surface area contributed by atoms with Gasteiger partial charge < -0.3 is 4.74 Å². The highest BCUT2D eigenvalue weighted by atomic mass is 16.5. The highest BCUT2D eigenvalue weighted by molar-refractivity contribution is 6.07. The minimum atomic E-state index is -0.316. The number of ether oxygens (including phenoxy) is 1. The van der Waals surface area contributed by atoms with E-state index in [1.165, 1.54) is 6.07 Å². The third-order valence-corrected chi connectivity index (χ3v) is 2.97. The summed E-state index contributed by atoms with van der Waals surface area (Å²) in [6, 6.07) is 8.18. The zero-order valence-electron chi connectivity index (χ0n) is 11.4. The fraction of sp³-hybridized carbons (Fsp3) is 0.333. The Balaban J connectivity index is 1.97. The molecule has 20 heavy (non-hydrogen) atoms. The predicted molar refractivity (Wildman–Crippen MR) is 76.3 cm³/mol. The molecule has 0 aliphatic carbocycles. The van der Waals surface area contributed by atoms with Crippen LogP contribution < -0.4 is 10.3 Å². The van der Waals surface area contributed by atoms with Gasteiger partial charge in [0.2, 0.25) is 5.78 Å². The van der Waals surface area contributed by atoms with Crippen LogP contribution in [0.3, 0.4) is 0 Å². The van der Waals surface area contributed by atoms with Crippen molar-refractivity contribution in [3.63, 3.8) is 0 Å². The average Bonchev–Trinajstić information content (AvgIpc) is 2.90. The van der Waals surface area contributed by atoms with Gasteiger partial charge in [-0.15, -0.1) is 0 Å². The van der Waals surface area contributed by atoms with Gasteiger partial charge in [-0.3, -0.25) is 19.8 Å². The van der Waals surface area contributed by atoms with Crippen LogP contribution in [0.1, 0.15) is 42.2 Å². The van der Waals surface area contributed by atoms with Crippen molar-refractivity contribution in [2.24, 2.45) is 0 Å². The van der Waals surface area contributed by atoms with Gasteiger partial charge in [-0.05, 0) is 30.7 Å². The molecule has 106 valence electrons. The molecule has 0 atom stereocenters. The van der Waals surface area contributed by atoms with Gasteiger partial charge in [0.25, 0.3) is 5.56 Å². The standard InChI is InChI=1S/C15H18N2O3/c1-2-3-4-9-20-12-7-5-11(6-8-12)15(19)13-10-14(18)17-16-13/h5-8,10H,2-4,9H2,1H3,(H2,16,17,18). The first kappa shape index (κ1) is 14.1. The second-order valence-electron chi connectivity index (χ2n) is 4.58. The first-order chi connectivity index (χ1) is 9.70. The molecule has 2 rings (SSSR count). The molecule has 0 aliphatic heterocycles. The highest BCUT2D eigenvalue weighted by Crippen LogP contribution is 2.14. The van der Waals surface area contributed by atoms with Gasteiger partial charge in [0.1, 0.15) is 11.4 Å². The lowest BCUT2D eigenvalue weighted by Crippen LogP contribution is -2.02. The van der Waals surface area contributed by atoms with Crippen molar-refractivity contribution in [1.82, 2.24) is 10.2 Å². The number of carbonyl (C=O) groups is 1. The van der Waals surface area contributed by atoms with Crippen LogP contribution >= 0.6 is 0 Å². The van der Waals surface area contributed by atoms with Crippen molar-refractivity contribution >= 4 is 5.78 Å². The Labute approximate surface area is 117 Å². The molecule has 0 fully saturated rings. The van der Waals surface area contributed by atoms with Crippen LogP contribution in [0.5, 0.6) is 5.75 Å². The first-order valence-electron chi connectivity index (χ1n) is 6.76. The number of rotatable bonds is 7. The molecule has 1 aromatic heterocycles. The van der Waals surface area contributed by atoms with E-state index in [0.717, 1.165) is 25.0 Å². The highest BCUT2D eigenvalue weighted by Gasteiger charge is 2.11. The summed E-state index contributed by atoms with van der Waals surface area (Å²) in [5.74, 6) is 0.529. The number of H-pyrrole nitrogens is 2. The van der Waals surface area contributed by atoms with E-state index >= 15 is 0 Å². The van der Waals surface area contributed by atoms with E-state index < -0.39 is 0 Å². The largest absolute Gasteiger partial charge is 0.494 e. The number of aromatic nitrogens is 2. The van der Waals surface area contributed by atoms with Gasteiger partial charge in [-0.25, -0.2) is 0 Å². The molecule has 0 saturated heterocycles. The number of carbonyl (C=O) groups excluding carboxylic acids is 1. The van der Waals surface area contributed by atoms with Gasteiger partial charge in [0.15, 0.2) is 0 Å². The normalized spacial score (nSPS) is 10.4. The van der Waals surface area contributed by atoms with Crippen LogP contribution in [0.4, 0.5) is 0 Å². The molecule has 1 heterocycles. The molecular formula is C15H18N2O3. The molecule has 5 heteroatoms. The minimum Gasteiger partial charge on any atom is -0.494 e. The number of ketones is 1. The summed E-state index contributed by atoms with van der Waals surface area (Å²) in [4.78, 5) is 23.0. The van der Waals surface area contributed by atoms with E-state index in [0.29, 0.717) is 12.2 Å². The Hall–Kier alpha value is -2.30. The fourth-order valence-corrected chi connectivity index (χ4v) is 1.85. The lowest BCUT2D eigenvalue weighted by molar-refractivity contribution is 0.103. The van der Waals surface area contributed by atoms with Gasteiger partial charge in [0.05, 0.1) is 6.61 Å². The van der Waals surface area contributed by atoms with E-state index in [1.807, 2.05) is 0 Å². The van der Waals surface area contributed by atoms with Crippen LogP contribution in [0.15, 0.2) is 35.1 Å². The maximum absolute atomic E-state index is 12.0. The molecule has 2 aromatic rings. The van der Waals surface area contributed by atoms with Crippen LogP contribution in [0, 0.1) is 0 Å². The Morgan fingerprint density at radius 2 is 1.90 bits per heavy atom. The maximum atomic E-state index is 12.0. The molecule has 0 radical (unpaired) electrons. The average molecular weight is 274 g/mol. The third kappa shape index (κ3) is 3.60. The Morgan fingerprint density at radius 3 is 2.50 bits per heavy atom. The zero-order valence-corrected chi connectivity index (χ0v) is 11.4. The molecule has 5 nitrogen and oxygen atoms in total. The van der Waals surface area contributed by atoms with E-state index in [-0.39, 0.29) is 17.0 Å². The molecular weight excluding hydrogens is 256 g/mol. The monoisotopic (exact) mass is 274 g/mol. The van der Waals surface area contributed by atoms with Crippen molar-refractivity contribution in [1.29, 1.82) is 0 Å². The number of benzene rings is 1. The molecule has 0 unspecified atom stereocenters. The van der Waals surface area contributed by atoms with Crippen LogP contribution in [-0.4, -0.2) is 22.6 Å². The summed E-state index contributed by atoms with van der Waals surface area (Å²) in [5.41, 5.74) is 0.456. The molecule has 0 amide bonds. The molecule has 0 spiro atoms. The quantitative estimate of drug-likeness (QED) is 0.601. The van der Waals surface area contributed by atoms with Gasteiger partial charge in [-0.1, -0.05) is 19.8 Å². The van der Waals surface area contributed by atoms with Crippen molar-refractivity contribution in [3.05, 3.63) is 51.9 Å².